The minimum atomic E-state index is 0.621. The van der Waals surface area contributed by atoms with Crippen LogP contribution in [-0.4, -0.2) is 50.3 Å². The molecule has 90 valence electrons. The van der Waals surface area contributed by atoms with Crippen LogP contribution < -0.4 is 5.32 Å². The van der Waals surface area contributed by atoms with Crippen LogP contribution in [0.2, 0.25) is 0 Å². The fraction of sp³-hybridized carbons (Fsp3) is 1.00. The van der Waals surface area contributed by atoms with Crippen molar-refractivity contribution in [2.75, 3.05) is 33.4 Å². The molecule has 0 aromatic carbocycles. The van der Waals surface area contributed by atoms with Crippen LogP contribution in [0.25, 0.3) is 0 Å². The molecule has 3 nitrogen and oxygen atoms in total. The average molecular weight is 214 g/mol. The van der Waals surface area contributed by atoms with Gasteiger partial charge in [-0.2, -0.15) is 0 Å². The summed E-state index contributed by atoms with van der Waals surface area (Å²) >= 11 is 0. The van der Waals surface area contributed by atoms with Gasteiger partial charge in [0.1, 0.15) is 0 Å². The zero-order valence-corrected chi connectivity index (χ0v) is 10.6. The number of nitrogens with zero attached hydrogens (tertiary/aromatic N) is 1. The molecule has 0 bridgehead atoms. The van der Waals surface area contributed by atoms with E-state index in [1.54, 1.807) is 0 Å². The summed E-state index contributed by atoms with van der Waals surface area (Å²) in [6.45, 7) is 10.7. The Morgan fingerprint density at radius 1 is 1.47 bits per heavy atom. The van der Waals surface area contributed by atoms with Gasteiger partial charge in [-0.1, -0.05) is 20.8 Å². The quantitative estimate of drug-likeness (QED) is 0.722. The molecule has 0 amide bonds. The largest absolute Gasteiger partial charge is 0.380 e. The van der Waals surface area contributed by atoms with Gasteiger partial charge in [0.2, 0.25) is 0 Å². The molecule has 1 aliphatic rings. The molecular weight excluding hydrogens is 188 g/mol. The number of rotatable bonds is 6. The summed E-state index contributed by atoms with van der Waals surface area (Å²) in [5.74, 6) is 0.689. The minimum absolute atomic E-state index is 0.621. The van der Waals surface area contributed by atoms with Crippen molar-refractivity contribution in [2.24, 2.45) is 5.92 Å². The van der Waals surface area contributed by atoms with Gasteiger partial charge in [-0.25, -0.2) is 0 Å². The second-order valence-corrected chi connectivity index (χ2v) is 4.80. The highest BCUT2D eigenvalue weighted by molar-refractivity contribution is 4.82. The average Bonchev–Trinajstić information content (AvgIpc) is 2.70. The van der Waals surface area contributed by atoms with Crippen molar-refractivity contribution < 1.29 is 4.74 Å². The van der Waals surface area contributed by atoms with E-state index in [4.69, 9.17) is 4.74 Å². The van der Waals surface area contributed by atoms with Crippen LogP contribution in [0.1, 0.15) is 27.2 Å². The summed E-state index contributed by atoms with van der Waals surface area (Å²) in [5, 5.41) is 3.45. The molecule has 1 rings (SSSR count). The van der Waals surface area contributed by atoms with Crippen molar-refractivity contribution in [2.45, 2.75) is 39.3 Å². The third kappa shape index (κ3) is 3.74. The summed E-state index contributed by atoms with van der Waals surface area (Å²) in [4.78, 5) is 2.50. The number of hydrogen-bond donors (Lipinski definition) is 1. The standard InChI is InChI=1S/C12H26N2O/c1-5-13-8-12(10(2)3)14(4)11-6-7-15-9-11/h10-13H,5-9H2,1-4H3. The zero-order valence-electron chi connectivity index (χ0n) is 10.6. The van der Waals surface area contributed by atoms with Crippen LogP contribution in [-0.2, 0) is 4.74 Å². The first-order valence-electron chi connectivity index (χ1n) is 6.17. The minimum Gasteiger partial charge on any atom is -0.380 e. The van der Waals surface area contributed by atoms with E-state index >= 15 is 0 Å². The highest BCUT2D eigenvalue weighted by atomic mass is 16.5. The number of nitrogens with one attached hydrogen (secondary N) is 1. The van der Waals surface area contributed by atoms with Crippen molar-refractivity contribution in [1.82, 2.24) is 10.2 Å². The fourth-order valence-electron chi connectivity index (χ4n) is 2.26. The van der Waals surface area contributed by atoms with E-state index in [2.05, 4.69) is 38.0 Å². The van der Waals surface area contributed by atoms with E-state index in [0.29, 0.717) is 18.0 Å². The van der Waals surface area contributed by atoms with E-state index in [1.165, 1.54) is 6.42 Å². The second kappa shape index (κ2) is 6.46. The van der Waals surface area contributed by atoms with Crippen molar-refractivity contribution in [3.8, 4) is 0 Å². The lowest BCUT2D eigenvalue weighted by molar-refractivity contribution is 0.110. The molecule has 0 radical (unpaired) electrons. The monoisotopic (exact) mass is 214 g/mol. The summed E-state index contributed by atoms with van der Waals surface area (Å²) < 4.78 is 5.45. The number of ether oxygens (including phenoxy) is 1. The molecule has 1 heterocycles. The van der Waals surface area contributed by atoms with E-state index in [0.717, 1.165) is 26.3 Å². The number of likely N-dealkylation sites (N-methyl/N-ethyl adjacent to an activating group) is 2. The van der Waals surface area contributed by atoms with Crippen LogP contribution in [0, 0.1) is 5.92 Å². The Kier molecular flexibility index (Phi) is 5.58. The second-order valence-electron chi connectivity index (χ2n) is 4.80. The highest BCUT2D eigenvalue weighted by Crippen LogP contribution is 2.17. The van der Waals surface area contributed by atoms with Gasteiger partial charge >= 0.3 is 0 Å². The molecule has 3 heteroatoms. The molecule has 2 unspecified atom stereocenters. The van der Waals surface area contributed by atoms with Crippen LogP contribution in [0.3, 0.4) is 0 Å². The van der Waals surface area contributed by atoms with E-state index < -0.39 is 0 Å². The topological polar surface area (TPSA) is 24.5 Å². The Balaban J connectivity index is 2.45. The summed E-state index contributed by atoms with van der Waals surface area (Å²) in [5.41, 5.74) is 0. The Morgan fingerprint density at radius 2 is 2.20 bits per heavy atom. The third-order valence-corrected chi connectivity index (χ3v) is 3.38. The first-order valence-corrected chi connectivity index (χ1v) is 6.17. The summed E-state index contributed by atoms with van der Waals surface area (Å²) in [6.07, 6.45) is 1.19. The Labute approximate surface area is 94.2 Å². The van der Waals surface area contributed by atoms with Crippen LogP contribution in [0.4, 0.5) is 0 Å². The van der Waals surface area contributed by atoms with E-state index in [9.17, 15) is 0 Å². The molecule has 0 spiro atoms. The highest BCUT2D eigenvalue weighted by Gasteiger charge is 2.27. The normalized spacial score (nSPS) is 24.0. The molecule has 1 N–H and O–H groups in total. The Hall–Kier alpha value is -0.120. The van der Waals surface area contributed by atoms with Crippen LogP contribution in [0.15, 0.2) is 0 Å². The van der Waals surface area contributed by atoms with Crippen molar-refractivity contribution in [1.29, 1.82) is 0 Å². The zero-order chi connectivity index (χ0) is 11.3. The maximum absolute atomic E-state index is 5.45. The molecule has 1 saturated heterocycles. The van der Waals surface area contributed by atoms with Gasteiger partial charge in [-0.3, -0.25) is 4.90 Å². The van der Waals surface area contributed by atoms with Gasteiger partial charge in [0, 0.05) is 25.2 Å². The maximum Gasteiger partial charge on any atom is 0.0622 e. The van der Waals surface area contributed by atoms with Crippen molar-refractivity contribution >= 4 is 0 Å². The SMILES string of the molecule is CCNCC(C(C)C)N(C)C1CCOC1. The van der Waals surface area contributed by atoms with E-state index in [1.807, 2.05) is 0 Å². The molecule has 1 fully saturated rings. The van der Waals surface area contributed by atoms with Gasteiger partial charge in [-0.15, -0.1) is 0 Å². The first-order chi connectivity index (χ1) is 7.16. The van der Waals surface area contributed by atoms with Crippen LogP contribution >= 0.6 is 0 Å². The smallest absolute Gasteiger partial charge is 0.0622 e. The Bertz CT molecular complexity index is 167. The van der Waals surface area contributed by atoms with Crippen LogP contribution in [0.5, 0.6) is 0 Å². The molecule has 0 saturated carbocycles. The van der Waals surface area contributed by atoms with Gasteiger partial charge in [0.05, 0.1) is 6.61 Å². The van der Waals surface area contributed by atoms with Crippen molar-refractivity contribution in [3.05, 3.63) is 0 Å². The maximum atomic E-state index is 5.45. The molecule has 1 aliphatic heterocycles. The summed E-state index contributed by atoms with van der Waals surface area (Å²) in [7, 11) is 2.24. The first kappa shape index (κ1) is 12.9. The van der Waals surface area contributed by atoms with Crippen molar-refractivity contribution in [3.63, 3.8) is 0 Å². The third-order valence-electron chi connectivity index (χ3n) is 3.38. The van der Waals surface area contributed by atoms with Gasteiger partial charge < -0.3 is 10.1 Å². The van der Waals surface area contributed by atoms with Gasteiger partial charge in [-0.05, 0) is 25.9 Å². The molecule has 0 aromatic heterocycles. The lowest BCUT2D eigenvalue weighted by Crippen LogP contribution is -2.48. The summed E-state index contributed by atoms with van der Waals surface area (Å²) in [6, 6.07) is 1.24. The van der Waals surface area contributed by atoms with Gasteiger partial charge in [0.25, 0.3) is 0 Å². The molecule has 0 aromatic rings. The lowest BCUT2D eigenvalue weighted by atomic mass is 10.0. The lowest BCUT2D eigenvalue weighted by Gasteiger charge is -2.35. The molecule has 0 aliphatic carbocycles. The molecular formula is C12H26N2O. The van der Waals surface area contributed by atoms with Gasteiger partial charge in [0.15, 0.2) is 0 Å². The Morgan fingerprint density at radius 3 is 2.67 bits per heavy atom. The molecule has 15 heavy (non-hydrogen) atoms. The fourth-order valence-corrected chi connectivity index (χ4v) is 2.26. The number of hydrogen-bond acceptors (Lipinski definition) is 3. The van der Waals surface area contributed by atoms with E-state index in [-0.39, 0.29) is 0 Å². The molecule has 2 atom stereocenters. The predicted molar refractivity (Wildman–Crippen MR) is 64.2 cm³/mol. The predicted octanol–water partition coefficient (Wildman–Crippen LogP) is 1.34.